The van der Waals surface area contributed by atoms with E-state index in [-0.39, 0.29) is 18.2 Å². The molecule has 1 unspecified atom stereocenters. The van der Waals surface area contributed by atoms with Gasteiger partial charge in [-0.25, -0.2) is 0 Å². The molecule has 1 aliphatic rings. The van der Waals surface area contributed by atoms with Crippen molar-refractivity contribution in [3.63, 3.8) is 0 Å². The molecule has 1 heterocycles. The average Bonchev–Trinajstić information content (AvgIpc) is 2.44. The topological polar surface area (TPSA) is 46.2 Å². The molecule has 0 radical (unpaired) electrons. The van der Waals surface area contributed by atoms with Gasteiger partial charge in [-0.2, -0.15) is 0 Å². The van der Waals surface area contributed by atoms with Crippen LogP contribution >= 0.6 is 15.9 Å². The lowest BCUT2D eigenvalue weighted by molar-refractivity contribution is -0.128. The molecule has 16 heavy (non-hydrogen) atoms. The summed E-state index contributed by atoms with van der Waals surface area (Å²) in [6.45, 7) is 1.83. The maximum Gasteiger partial charge on any atom is 0.233 e. The fourth-order valence-corrected chi connectivity index (χ4v) is 2.22. The first-order chi connectivity index (χ1) is 7.49. The second-order valence-electron chi connectivity index (χ2n) is 4.42. The number of nitrogens with one attached hydrogen (secondary N) is 1. The molecule has 0 saturated carbocycles. The molecular weight excluding hydrogens is 270 g/mol. The van der Waals surface area contributed by atoms with Gasteiger partial charge in [0.1, 0.15) is 0 Å². The Morgan fingerprint density at radius 3 is 2.44 bits per heavy atom. The Kier molecular flexibility index (Phi) is 2.84. The van der Waals surface area contributed by atoms with Crippen LogP contribution in [0.4, 0.5) is 0 Å². The van der Waals surface area contributed by atoms with Crippen molar-refractivity contribution in [3.8, 4) is 0 Å². The lowest BCUT2D eigenvalue weighted by Crippen LogP contribution is -2.30. The van der Waals surface area contributed by atoms with Crippen molar-refractivity contribution < 1.29 is 9.59 Å². The first kappa shape index (κ1) is 11.3. The summed E-state index contributed by atoms with van der Waals surface area (Å²) in [5, 5.41) is 2.35. The predicted molar refractivity (Wildman–Crippen MR) is 63.7 cm³/mol. The zero-order valence-corrected chi connectivity index (χ0v) is 10.5. The number of hydrogen-bond acceptors (Lipinski definition) is 2. The van der Waals surface area contributed by atoms with Crippen molar-refractivity contribution in [1.29, 1.82) is 0 Å². The molecule has 0 spiro atoms. The average molecular weight is 282 g/mol. The second-order valence-corrected chi connectivity index (χ2v) is 5.33. The maximum absolute atomic E-state index is 11.6. The lowest BCUT2D eigenvalue weighted by Gasteiger charge is -2.19. The molecule has 4 heteroatoms. The molecule has 1 aromatic carbocycles. The Morgan fingerprint density at radius 2 is 1.94 bits per heavy atom. The number of carbonyl (C=O) groups is 2. The molecule has 0 bridgehead atoms. The normalized spacial score (nSPS) is 24.6. The third-order valence-electron chi connectivity index (χ3n) is 2.86. The molecule has 1 N–H and O–H groups in total. The Bertz CT molecular complexity index is 441. The standard InChI is InChI=1S/C12H12BrNO2/c1-12(7-10(15)14-11(12)16)6-8-2-4-9(13)5-3-8/h2-5H,6-7H2,1H3,(H,14,15,16). The number of amides is 2. The lowest BCUT2D eigenvalue weighted by atomic mass is 9.82. The van der Waals surface area contributed by atoms with Crippen LogP contribution in [0.3, 0.4) is 0 Å². The van der Waals surface area contributed by atoms with Crippen molar-refractivity contribution in [2.24, 2.45) is 5.41 Å². The van der Waals surface area contributed by atoms with Crippen LogP contribution in [-0.4, -0.2) is 11.8 Å². The molecule has 1 fully saturated rings. The highest BCUT2D eigenvalue weighted by Gasteiger charge is 2.42. The number of rotatable bonds is 2. The number of hydrogen-bond donors (Lipinski definition) is 1. The molecule has 1 aromatic rings. The van der Waals surface area contributed by atoms with E-state index in [0.29, 0.717) is 6.42 Å². The van der Waals surface area contributed by atoms with Gasteiger partial charge in [0, 0.05) is 10.9 Å². The van der Waals surface area contributed by atoms with E-state index in [0.717, 1.165) is 10.0 Å². The van der Waals surface area contributed by atoms with Gasteiger partial charge >= 0.3 is 0 Å². The molecule has 0 aliphatic carbocycles. The van der Waals surface area contributed by atoms with Gasteiger partial charge in [0.25, 0.3) is 0 Å². The van der Waals surface area contributed by atoms with Crippen molar-refractivity contribution in [2.45, 2.75) is 19.8 Å². The van der Waals surface area contributed by atoms with Crippen molar-refractivity contribution in [2.75, 3.05) is 0 Å². The highest BCUT2D eigenvalue weighted by atomic mass is 79.9. The smallest absolute Gasteiger partial charge is 0.233 e. The van der Waals surface area contributed by atoms with E-state index in [9.17, 15) is 9.59 Å². The SMILES string of the molecule is CC1(Cc2ccc(Br)cc2)CC(=O)NC1=O. The predicted octanol–water partition coefficient (Wildman–Crippen LogP) is 2.04. The van der Waals surface area contributed by atoms with Gasteiger partial charge in [0.2, 0.25) is 11.8 Å². The first-order valence-corrected chi connectivity index (χ1v) is 5.88. The van der Waals surface area contributed by atoms with Gasteiger partial charge in [-0.15, -0.1) is 0 Å². The summed E-state index contributed by atoms with van der Waals surface area (Å²) in [6.07, 6.45) is 0.875. The molecule has 2 rings (SSSR count). The minimum atomic E-state index is -0.592. The summed E-state index contributed by atoms with van der Waals surface area (Å²) in [5.41, 5.74) is 0.473. The van der Waals surface area contributed by atoms with E-state index in [1.165, 1.54) is 0 Å². The molecule has 84 valence electrons. The molecule has 1 atom stereocenters. The van der Waals surface area contributed by atoms with E-state index in [2.05, 4.69) is 21.2 Å². The fraction of sp³-hybridized carbons (Fsp3) is 0.333. The molecule has 1 saturated heterocycles. The van der Waals surface area contributed by atoms with E-state index in [1.54, 1.807) is 0 Å². The highest BCUT2D eigenvalue weighted by Crippen LogP contribution is 2.31. The Morgan fingerprint density at radius 1 is 1.31 bits per heavy atom. The quantitative estimate of drug-likeness (QED) is 0.844. The summed E-state index contributed by atoms with van der Waals surface area (Å²) in [5.74, 6) is -0.343. The highest BCUT2D eigenvalue weighted by molar-refractivity contribution is 9.10. The van der Waals surface area contributed by atoms with Gasteiger partial charge in [0.15, 0.2) is 0 Å². The minimum absolute atomic E-state index is 0.166. The number of halogens is 1. The van der Waals surface area contributed by atoms with Gasteiger partial charge in [-0.1, -0.05) is 28.1 Å². The van der Waals surface area contributed by atoms with Gasteiger partial charge in [-0.05, 0) is 31.0 Å². The van der Waals surface area contributed by atoms with Crippen LogP contribution in [0.2, 0.25) is 0 Å². The summed E-state index contributed by atoms with van der Waals surface area (Å²) < 4.78 is 1.01. The van der Waals surface area contributed by atoms with Crippen LogP contribution in [0.1, 0.15) is 18.9 Å². The summed E-state index contributed by atoms with van der Waals surface area (Å²) >= 11 is 3.36. The summed E-state index contributed by atoms with van der Waals surface area (Å²) in [6, 6.07) is 7.80. The van der Waals surface area contributed by atoms with Crippen LogP contribution < -0.4 is 5.32 Å². The third-order valence-corrected chi connectivity index (χ3v) is 3.39. The van der Waals surface area contributed by atoms with Gasteiger partial charge in [-0.3, -0.25) is 14.9 Å². The molecule has 2 amide bonds. The Hall–Kier alpha value is -1.16. The van der Waals surface area contributed by atoms with Gasteiger partial charge < -0.3 is 0 Å². The molecule has 0 aromatic heterocycles. The van der Waals surface area contributed by atoms with Gasteiger partial charge in [0.05, 0.1) is 5.41 Å². The monoisotopic (exact) mass is 281 g/mol. The van der Waals surface area contributed by atoms with E-state index >= 15 is 0 Å². The fourth-order valence-electron chi connectivity index (χ4n) is 1.95. The van der Waals surface area contributed by atoms with E-state index in [4.69, 9.17) is 0 Å². The zero-order chi connectivity index (χ0) is 11.8. The zero-order valence-electron chi connectivity index (χ0n) is 8.92. The van der Waals surface area contributed by atoms with Crippen molar-refractivity contribution in [3.05, 3.63) is 34.3 Å². The maximum atomic E-state index is 11.6. The first-order valence-electron chi connectivity index (χ1n) is 5.08. The van der Waals surface area contributed by atoms with Crippen molar-refractivity contribution >= 4 is 27.7 Å². The summed E-state index contributed by atoms with van der Waals surface area (Å²) in [4.78, 5) is 22.8. The third kappa shape index (κ3) is 2.16. The molecular formula is C12H12BrNO2. The Labute approximate surface area is 102 Å². The second kappa shape index (κ2) is 4.01. The molecule has 1 aliphatic heterocycles. The largest absolute Gasteiger partial charge is 0.296 e. The number of benzene rings is 1. The van der Waals surface area contributed by atoms with E-state index < -0.39 is 5.41 Å². The van der Waals surface area contributed by atoms with Crippen LogP contribution in [0.5, 0.6) is 0 Å². The number of carbonyl (C=O) groups excluding carboxylic acids is 2. The minimum Gasteiger partial charge on any atom is -0.296 e. The molecule has 3 nitrogen and oxygen atoms in total. The number of imide groups is 1. The summed E-state index contributed by atoms with van der Waals surface area (Å²) in [7, 11) is 0. The van der Waals surface area contributed by atoms with Crippen molar-refractivity contribution in [1.82, 2.24) is 5.32 Å². The van der Waals surface area contributed by atoms with E-state index in [1.807, 2.05) is 31.2 Å². The van der Waals surface area contributed by atoms with Crippen LogP contribution in [0.15, 0.2) is 28.7 Å². The van der Waals surface area contributed by atoms with Crippen LogP contribution in [-0.2, 0) is 16.0 Å². The van der Waals surface area contributed by atoms with Crippen LogP contribution in [0, 0.1) is 5.41 Å². The Balaban J connectivity index is 2.18. The van der Waals surface area contributed by atoms with Crippen LogP contribution in [0.25, 0.3) is 0 Å².